The highest BCUT2D eigenvalue weighted by atomic mass is 32.1. The smallest absolute Gasteiger partial charge is 0.140 e. The standard InChI is InChI=1S/C15H16N2OS/c1-2-14(17)15(12-7-8-19-10-12)18-13-5-3-11(9-16)4-6-13/h3-8,10,14-15H,2,17H2,1H3. The highest BCUT2D eigenvalue weighted by molar-refractivity contribution is 7.07. The van der Waals surface area contributed by atoms with E-state index in [4.69, 9.17) is 15.7 Å². The molecule has 0 aliphatic carbocycles. The van der Waals surface area contributed by atoms with E-state index in [1.165, 1.54) is 0 Å². The minimum Gasteiger partial charge on any atom is -0.484 e. The highest BCUT2D eigenvalue weighted by Gasteiger charge is 2.20. The molecule has 0 fully saturated rings. The molecule has 2 rings (SSSR count). The Morgan fingerprint density at radius 3 is 2.58 bits per heavy atom. The molecule has 19 heavy (non-hydrogen) atoms. The molecule has 0 spiro atoms. The third-order valence-corrected chi connectivity index (χ3v) is 3.68. The summed E-state index contributed by atoms with van der Waals surface area (Å²) in [5.74, 6) is 0.735. The van der Waals surface area contributed by atoms with Crippen LogP contribution in [0.5, 0.6) is 5.75 Å². The maximum Gasteiger partial charge on any atom is 0.140 e. The molecule has 2 aromatic rings. The van der Waals surface area contributed by atoms with Crippen molar-refractivity contribution < 1.29 is 4.74 Å². The number of thiophene rings is 1. The molecule has 2 N–H and O–H groups in total. The Bertz CT molecular complexity index is 543. The second-order valence-corrected chi connectivity index (χ2v) is 5.08. The molecule has 0 amide bonds. The summed E-state index contributed by atoms with van der Waals surface area (Å²) in [5, 5.41) is 12.9. The molecule has 0 radical (unpaired) electrons. The minimum atomic E-state index is -0.149. The van der Waals surface area contributed by atoms with Gasteiger partial charge in [0, 0.05) is 11.6 Å². The predicted octanol–water partition coefficient (Wildman–Crippen LogP) is 3.48. The molecular formula is C15H16N2OS. The van der Waals surface area contributed by atoms with Crippen molar-refractivity contribution in [2.24, 2.45) is 5.73 Å². The lowest BCUT2D eigenvalue weighted by atomic mass is 10.0. The third-order valence-electron chi connectivity index (χ3n) is 2.98. The van der Waals surface area contributed by atoms with E-state index < -0.39 is 0 Å². The van der Waals surface area contributed by atoms with E-state index in [9.17, 15) is 0 Å². The summed E-state index contributed by atoms with van der Waals surface area (Å²) in [7, 11) is 0. The normalized spacial score (nSPS) is 13.5. The van der Waals surface area contributed by atoms with Crippen molar-refractivity contribution in [2.45, 2.75) is 25.5 Å². The summed E-state index contributed by atoms with van der Waals surface area (Å²) < 4.78 is 5.98. The number of benzene rings is 1. The molecule has 1 heterocycles. The molecular weight excluding hydrogens is 256 g/mol. The largest absolute Gasteiger partial charge is 0.484 e. The lowest BCUT2D eigenvalue weighted by molar-refractivity contribution is 0.171. The molecule has 0 aliphatic rings. The van der Waals surface area contributed by atoms with Crippen LogP contribution in [0.2, 0.25) is 0 Å². The molecule has 1 aromatic carbocycles. The predicted molar refractivity (Wildman–Crippen MR) is 77.1 cm³/mol. The first-order chi connectivity index (χ1) is 9.24. The van der Waals surface area contributed by atoms with Gasteiger partial charge in [0.15, 0.2) is 0 Å². The van der Waals surface area contributed by atoms with Gasteiger partial charge in [-0.1, -0.05) is 6.92 Å². The van der Waals surface area contributed by atoms with Crippen molar-refractivity contribution in [1.82, 2.24) is 0 Å². The molecule has 0 bridgehead atoms. The van der Waals surface area contributed by atoms with E-state index in [1.807, 2.05) is 18.4 Å². The fraction of sp³-hybridized carbons (Fsp3) is 0.267. The van der Waals surface area contributed by atoms with Crippen LogP contribution in [0.1, 0.15) is 30.6 Å². The molecule has 0 saturated carbocycles. The Morgan fingerprint density at radius 1 is 1.32 bits per heavy atom. The van der Waals surface area contributed by atoms with Crippen molar-refractivity contribution in [3.05, 3.63) is 52.2 Å². The first-order valence-corrected chi connectivity index (χ1v) is 7.13. The Labute approximate surface area is 117 Å². The van der Waals surface area contributed by atoms with Crippen LogP contribution in [0.4, 0.5) is 0 Å². The number of rotatable bonds is 5. The average molecular weight is 272 g/mol. The first kappa shape index (κ1) is 13.6. The zero-order valence-corrected chi connectivity index (χ0v) is 11.6. The van der Waals surface area contributed by atoms with E-state index in [0.29, 0.717) is 5.56 Å². The van der Waals surface area contributed by atoms with Crippen molar-refractivity contribution >= 4 is 11.3 Å². The third kappa shape index (κ3) is 3.34. The summed E-state index contributed by atoms with van der Waals surface area (Å²) >= 11 is 1.63. The molecule has 1 aromatic heterocycles. The number of hydrogen-bond acceptors (Lipinski definition) is 4. The van der Waals surface area contributed by atoms with E-state index >= 15 is 0 Å². The number of ether oxygens (including phenoxy) is 1. The van der Waals surface area contributed by atoms with E-state index in [2.05, 4.69) is 11.4 Å². The lowest BCUT2D eigenvalue weighted by Gasteiger charge is -2.23. The highest BCUT2D eigenvalue weighted by Crippen LogP contribution is 2.27. The van der Waals surface area contributed by atoms with Crippen molar-refractivity contribution in [1.29, 1.82) is 5.26 Å². The van der Waals surface area contributed by atoms with Crippen LogP contribution in [-0.2, 0) is 0 Å². The Kier molecular flexibility index (Phi) is 4.56. The Balaban J connectivity index is 2.18. The number of nitriles is 1. The van der Waals surface area contributed by atoms with Crippen LogP contribution in [0.15, 0.2) is 41.1 Å². The lowest BCUT2D eigenvalue weighted by Crippen LogP contribution is -2.31. The Hall–Kier alpha value is -1.83. The van der Waals surface area contributed by atoms with Crippen LogP contribution in [0.3, 0.4) is 0 Å². The molecule has 0 saturated heterocycles. The zero-order valence-electron chi connectivity index (χ0n) is 10.7. The molecule has 4 heteroatoms. The van der Waals surface area contributed by atoms with Gasteiger partial charge >= 0.3 is 0 Å². The van der Waals surface area contributed by atoms with Gasteiger partial charge in [-0.25, -0.2) is 0 Å². The van der Waals surface area contributed by atoms with Crippen molar-refractivity contribution in [2.75, 3.05) is 0 Å². The Morgan fingerprint density at radius 2 is 2.05 bits per heavy atom. The molecule has 98 valence electrons. The van der Waals surface area contributed by atoms with Gasteiger partial charge in [0.25, 0.3) is 0 Å². The fourth-order valence-electron chi connectivity index (χ4n) is 1.81. The topological polar surface area (TPSA) is 59.0 Å². The summed E-state index contributed by atoms with van der Waals surface area (Å²) in [6.07, 6.45) is 0.695. The van der Waals surface area contributed by atoms with E-state index in [-0.39, 0.29) is 12.1 Å². The molecule has 0 aliphatic heterocycles. The molecule has 2 unspecified atom stereocenters. The average Bonchev–Trinajstić information content (AvgIpc) is 2.98. The quantitative estimate of drug-likeness (QED) is 0.906. The van der Waals surface area contributed by atoms with Gasteiger partial charge in [0.2, 0.25) is 0 Å². The second kappa shape index (κ2) is 6.37. The molecule has 2 atom stereocenters. The van der Waals surface area contributed by atoms with Crippen molar-refractivity contribution in [3.63, 3.8) is 0 Å². The van der Waals surface area contributed by atoms with Crippen LogP contribution in [0.25, 0.3) is 0 Å². The number of hydrogen-bond donors (Lipinski definition) is 1. The van der Waals surface area contributed by atoms with Gasteiger partial charge in [-0.15, -0.1) is 0 Å². The van der Waals surface area contributed by atoms with Crippen LogP contribution in [0, 0.1) is 11.3 Å². The second-order valence-electron chi connectivity index (χ2n) is 4.30. The van der Waals surface area contributed by atoms with E-state index in [1.54, 1.807) is 35.6 Å². The van der Waals surface area contributed by atoms with Gasteiger partial charge in [0.1, 0.15) is 11.9 Å². The summed E-state index contributed by atoms with van der Waals surface area (Å²) in [6.45, 7) is 2.05. The van der Waals surface area contributed by atoms with Gasteiger partial charge < -0.3 is 10.5 Å². The van der Waals surface area contributed by atoms with Crippen molar-refractivity contribution in [3.8, 4) is 11.8 Å². The maximum atomic E-state index is 8.78. The number of nitrogens with zero attached hydrogens (tertiary/aromatic N) is 1. The SMILES string of the molecule is CCC(N)C(Oc1ccc(C#N)cc1)c1ccsc1. The van der Waals surface area contributed by atoms with Gasteiger partial charge in [-0.3, -0.25) is 0 Å². The zero-order chi connectivity index (χ0) is 13.7. The van der Waals surface area contributed by atoms with Gasteiger partial charge in [-0.05, 0) is 47.5 Å². The maximum absolute atomic E-state index is 8.78. The summed E-state index contributed by atoms with van der Waals surface area (Å²) in [4.78, 5) is 0. The minimum absolute atomic E-state index is 0.0507. The van der Waals surface area contributed by atoms with E-state index in [0.717, 1.165) is 17.7 Å². The van der Waals surface area contributed by atoms with Gasteiger partial charge in [0.05, 0.1) is 11.6 Å². The fourth-order valence-corrected chi connectivity index (χ4v) is 2.49. The van der Waals surface area contributed by atoms with Crippen LogP contribution >= 0.6 is 11.3 Å². The van der Waals surface area contributed by atoms with Gasteiger partial charge in [-0.2, -0.15) is 16.6 Å². The monoisotopic (exact) mass is 272 g/mol. The van der Waals surface area contributed by atoms with Crippen LogP contribution in [-0.4, -0.2) is 6.04 Å². The summed E-state index contributed by atoms with van der Waals surface area (Å²) in [6, 6.07) is 11.2. The molecule has 3 nitrogen and oxygen atoms in total. The number of nitrogens with two attached hydrogens (primary N) is 1. The summed E-state index contributed by atoms with van der Waals surface area (Å²) in [5.41, 5.74) is 7.86. The van der Waals surface area contributed by atoms with Crippen LogP contribution < -0.4 is 10.5 Å². The first-order valence-electron chi connectivity index (χ1n) is 6.19.